The molecular weight excluding hydrogens is 284 g/mol. The van der Waals surface area contributed by atoms with Gasteiger partial charge in [0, 0.05) is 44.3 Å². The Kier molecular flexibility index (Phi) is 4.12. The van der Waals surface area contributed by atoms with Gasteiger partial charge in [0.25, 0.3) is 0 Å². The van der Waals surface area contributed by atoms with Crippen molar-refractivity contribution in [1.29, 1.82) is 0 Å². The van der Waals surface area contributed by atoms with Crippen LogP contribution in [-0.4, -0.2) is 30.9 Å². The topological polar surface area (TPSA) is 60.6 Å². The molecular formula is C14H18N6S. The first-order chi connectivity index (χ1) is 10.3. The normalized spacial score (nSPS) is 12.7. The molecule has 3 aromatic heterocycles. The summed E-state index contributed by atoms with van der Waals surface area (Å²) in [5, 5.41) is 13.7. The molecule has 6 nitrogen and oxygen atoms in total. The first-order valence-corrected chi connectivity index (χ1v) is 7.70. The molecule has 0 aliphatic carbocycles. The lowest BCUT2D eigenvalue weighted by Crippen LogP contribution is -2.27. The number of rotatable bonds is 6. The first kappa shape index (κ1) is 14.0. The Morgan fingerprint density at radius 1 is 1.33 bits per heavy atom. The predicted molar refractivity (Wildman–Crippen MR) is 82.1 cm³/mol. The number of hydrogen-bond acceptors (Lipinski definition) is 5. The Hall–Kier alpha value is -1.99. The molecule has 0 bridgehead atoms. The van der Waals surface area contributed by atoms with E-state index in [-0.39, 0.29) is 6.04 Å². The highest BCUT2D eigenvalue weighted by Gasteiger charge is 2.18. The summed E-state index contributed by atoms with van der Waals surface area (Å²) in [6.07, 6.45) is 6.37. The second kappa shape index (κ2) is 6.19. The molecule has 3 rings (SSSR count). The van der Waals surface area contributed by atoms with Crippen molar-refractivity contribution in [2.45, 2.75) is 12.5 Å². The summed E-state index contributed by atoms with van der Waals surface area (Å²) in [6, 6.07) is 4.32. The number of hydrogen-bond donors (Lipinski definition) is 1. The van der Waals surface area contributed by atoms with Crippen molar-refractivity contribution < 1.29 is 0 Å². The Labute approximate surface area is 127 Å². The molecule has 0 aliphatic heterocycles. The average Bonchev–Trinajstić information content (AvgIpc) is 3.19. The molecule has 0 saturated carbocycles. The molecule has 3 aromatic rings. The molecule has 21 heavy (non-hydrogen) atoms. The van der Waals surface area contributed by atoms with Crippen molar-refractivity contribution in [2.75, 3.05) is 6.54 Å². The minimum atomic E-state index is 0.109. The second-order valence-electron chi connectivity index (χ2n) is 4.91. The van der Waals surface area contributed by atoms with E-state index in [0.29, 0.717) is 0 Å². The highest BCUT2D eigenvalue weighted by Crippen LogP contribution is 2.24. The van der Waals surface area contributed by atoms with Gasteiger partial charge < -0.3 is 14.5 Å². The molecule has 0 fully saturated rings. The molecule has 0 radical (unpaired) electrons. The van der Waals surface area contributed by atoms with Gasteiger partial charge in [0.05, 0.1) is 0 Å². The molecule has 110 valence electrons. The first-order valence-electron chi connectivity index (χ1n) is 6.82. The van der Waals surface area contributed by atoms with Gasteiger partial charge in [-0.2, -0.15) is 0 Å². The zero-order chi connectivity index (χ0) is 14.7. The number of nitrogens with one attached hydrogen (secondary N) is 1. The highest BCUT2D eigenvalue weighted by atomic mass is 32.1. The minimum Gasteiger partial charge on any atom is -0.336 e. The zero-order valence-corrected chi connectivity index (χ0v) is 12.9. The Morgan fingerprint density at radius 3 is 2.86 bits per heavy atom. The van der Waals surface area contributed by atoms with E-state index in [4.69, 9.17) is 0 Å². The minimum absolute atomic E-state index is 0.109. The Morgan fingerprint density at radius 2 is 2.24 bits per heavy atom. The van der Waals surface area contributed by atoms with Gasteiger partial charge in [0.1, 0.15) is 24.0 Å². The fourth-order valence-corrected chi connectivity index (χ4v) is 3.09. The smallest absolute Gasteiger partial charge is 0.133 e. The highest BCUT2D eigenvalue weighted by molar-refractivity contribution is 7.10. The lowest BCUT2D eigenvalue weighted by Gasteiger charge is -2.17. The van der Waals surface area contributed by atoms with Gasteiger partial charge in [-0.15, -0.1) is 21.5 Å². The molecule has 0 aromatic carbocycles. The third-order valence-electron chi connectivity index (χ3n) is 3.45. The van der Waals surface area contributed by atoms with Crippen molar-refractivity contribution in [1.82, 2.24) is 29.6 Å². The summed E-state index contributed by atoms with van der Waals surface area (Å²) >= 11 is 1.74. The van der Waals surface area contributed by atoms with Crippen LogP contribution in [0.25, 0.3) is 0 Å². The van der Waals surface area contributed by atoms with Gasteiger partial charge in [-0.3, -0.25) is 0 Å². The number of nitrogens with zero attached hydrogens (tertiary/aromatic N) is 5. The molecule has 1 N–H and O–H groups in total. The summed E-state index contributed by atoms with van der Waals surface area (Å²) in [7, 11) is 3.98. The SMILES string of the molecule is Cn1cnnc1CCNC(c1cccs1)c1nccn1C. The van der Waals surface area contributed by atoms with Crippen molar-refractivity contribution >= 4 is 11.3 Å². The van der Waals surface area contributed by atoms with Crippen molar-refractivity contribution in [3.8, 4) is 0 Å². The van der Waals surface area contributed by atoms with E-state index in [1.165, 1.54) is 4.88 Å². The number of aromatic nitrogens is 5. The summed E-state index contributed by atoms with van der Waals surface area (Å²) in [4.78, 5) is 5.75. The van der Waals surface area contributed by atoms with Crippen LogP contribution in [0.5, 0.6) is 0 Å². The molecule has 0 aliphatic rings. The van der Waals surface area contributed by atoms with Crippen molar-refractivity contribution in [3.63, 3.8) is 0 Å². The van der Waals surface area contributed by atoms with Gasteiger partial charge in [-0.05, 0) is 11.4 Å². The van der Waals surface area contributed by atoms with E-state index >= 15 is 0 Å². The molecule has 3 heterocycles. The average molecular weight is 302 g/mol. The van der Waals surface area contributed by atoms with Crippen molar-refractivity contribution in [3.05, 3.63) is 52.8 Å². The molecule has 0 amide bonds. The van der Waals surface area contributed by atoms with Crippen LogP contribution in [0.3, 0.4) is 0 Å². The van der Waals surface area contributed by atoms with Crippen LogP contribution in [0.2, 0.25) is 0 Å². The van der Waals surface area contributed by atoms with Gasteiger partial charge in [0.2, 0.25) is 0 Å². The van der Waals surface area contributed by atoms with E-state index in [0.717, 1.165) is 24.6 Å². The van der Waals surface area contributed by atoms with Crippen LogP contribution in [0.15, 0.2) is 36.2 Å². The van der Waals surface area contributed by atoms with E-state index in [9.17, 15) is 0 Å². The van der Waals surface area contributed by atoms with Gasteiger partial charge in [0.15, 0.2) is 0 Å². The van der Waals surface area contributed by atoms with E-state index in [1.807, 2.05) is 31.1 Å². The summed E-state index contributed by atoms with van der Waals surface area (Å²) < 4.78 is 4.00. The van der Waals surface area contributed by atoms with Crippen molar-refractivity contribution in [2.24, 2.45) is 14.1 Å². The second-order valence-corrected chi connectivity index (χ2v) is 5.89. The fraction of sp³-hybridized carbons (Fsp3) is 0.357. The number of imidazole rings is 1. The quantitative estimate of drug-likeness (QED) is 0.750. The monoisotopic (exact) mass is 302 g/mol. The van der Waals surface area contributed by atoms with Crippen LogP contribution in [0.1, 0.15) is 22.6 Å². The summed E-state index contributed by atoms with van der Waals surface area (Å²) in [5.41, 5.74) is 0. The van der Waals surface area contributed by atoms with Gasteiger partial charge in [-0.25, -0.2) is 4.98 Å². The van der Waals surface area contributed by atoms with E-state index in [1.54, 1.807) is 17.7 Å². The zero-order valence-electron chi connectivity index (χ0n) is 12.1. The fourth-order valence-electron chi connectivity index (χ4n) is 2.29. The maximum Gasteiger partial charge on any atom is 0.133 e. The molecule has 1 unspecified atom stereocenters. The van der Waals surface area contributed by atoms with Crippen LogP contribution in [-0.2, 0) is 20.5 Å². The molecule has 1 atom stereocenters. The summed E-state index contributed by atoms with van der Waals surface area (Å²) in [5.74, 6) is 2.00. The van der Waals surface area contributed by atoms with Crippen LogP contribution >= 0.6 is 11.3 Å². The maximum absolute atomic E-state index is 4.48. The number of aryl methyl sites for hydroxylation is 2. The van der Waals surface area contributed by atoms with Crippen LogP contribution in [0, 0.1) is 0 Å². The Balaban J connectivity index is 1.72. The lowest BCUT2D eigenvalue weighted by molar-refractivity contribution is 0.557. The standard InChI is InChI=1S/C14H18N6S/c1-19-8-7-16-14(19)13(11-4-3-9-21-11)15-6-5-12-18-17-10-20(12)2/h3-4,7-10,13,15H,5-6H2,1-2H3. The van der Waals surface area contributed by atoms with Gasteiger partial charge in [-0.1, -0.05) is 6.07 Å². The lowest BCUT2D eigenvalue weighted by atomic mass is 10.2. The number of thiophene rings is 1. The third-order valence-corrected chi connectivity index (χ3v) is 4.38. The molecule has 0 saturated heterocycles. The maximum atomic E-state index is 4.48. The molecule has 0 spiro atoms. The molecule has 7 heteroatoms. The third kappa shape index (κ3) is 3.03. The van der Waals surface area contributed by atoms with E-state index in [2.05, 4.69) is 42.6 Å². The largest absolute Gasteiger partial charge is 0.336 e. The Bertz CT molecular complexity index is 684. The van der Waals surface area contributed by atoms with E-state index < -0.39 is 0 Å². The van der Waals surface area contributed by atoms with Crippen LogP contribution < -0.4 is 5.32 Å². The van der Waals surface area contributed by atoms with Crippen LogP contribution in [0.4, 0.5) is 0 Å². The summed E-state index contributed by atoms with van der Waals surface area (Å²) in [6.45, 7) is 0.821. The predicted octanol–water partition coefficient (Wildman–Crippen LogP) is 1.53. The van der Waals surface area contributed by atoms with Gasteiger partial charge >= 0.3 is 0 Å².